The Balaban J connectivity index is 0.684. The molecule has 0 radical (unpaired) electrons. The number of carbonyl (C=O) groups is 7. The lowest BCUT2D eigenvalue weighted by Crippen LogP contribution is -2.64. The summed E-state index contributed by atoms with van der Waals surface area (Å²) in [4.78, 5) is 128. The van der Waals surface area contributed by atoms with Crippen molar-refractivity contribution in [3.63, 3.8) is 0 Å². The van der Waals surface area contributed by atoms with Crippen LogP contribution in [-0.4, -0.2) is 149 Å². The van der Waals surface area contributed by atoms with Crippen molar-refractivity contribution in [3.05, 3.63) is 131 Å². The monoisotopic (exact) mass is 1310 g/mol. The first-order valence-corrected chi connectivity index (χ1v) is 34.2. The van der Waals surface area contributed by atoms with Crippen LogP contribution in [0.4, 0.5) is 21.4 Å². The van der Waals surface area contributed by atoms with E-state index in [9.17, 15) is 53.0 Å². The molecule has 6 aromatic rings. The van der Waals surface area contributed by atoms with Crippen molar-refractivity contribution >= 4 is 93.6 Å². The fourth-order valence-corrected chi connectivity index (χ4v) is 16.9. The van der Waals surface area contributed by atoms with E-state index >= 15 is 0 Å². The Labute approximate surface area is 542 Å². The number of aromatic carboxylic acids is 1. The molecule has 24 nitrogen and oxygen atoms in total. The third kappa shape index (κ3) is 16.0. The zero-order chi connectivity index (χ0) is 65.7. The first-order chi connectivity index (χ1) is 44.4. The number of imide groups is 1. The minimum Gasteiger partial charge on any atom is -0.476 e. The van der Waals surface area contributed by atoms with Crippen LogP contribution in [0.1, 0.15) is 134 Å². The molecule has 0 spiro atoms. The van der Waals surface area contributed by atoms with Gasteiger partial charge in [-0.25, -0.2) is 24.5 Å². The van der Waals surface area contributed by atoms with Crippen molar-refractivity contribution < 1.29 is 62.5 Å². The lowest BCUT2D eigenvalue weighted by Gasteiger charge is -2.69. The van der Waals surface area contributed by atoms with Crippen molar-refractivity contribution in [3.8, 4) is 11.1 Å². The Morgan fingerprint density at radius 3 is 2.39 bits per heavy atom. The van der Waals surface area contributed by atoms with Gasteiger partial charge in [-0.1, -0.05) is 61.9 Å². The number of carboxylic acids is 1. The van der Waals surface area contributed by atoms with Crippen LogP contribution >= 0.6 is 18.9 Å². The SMILES string of the molecule is Cc1c(-c2ccc(N3CCc4cccc(C(=O)Nc5nc6cccnc6s5)c4C3)nc2C(=O)O)cnn1CC12CC3(C)CC(C)(C1)CC(OCCN(CCCP(=O)(O)O)C(=O)OC/C=C/c1cccc(NC(=O)CCNC(=O)CCCCCN4C(=O)C=CC4=O)c1)(C3)C2. The van der Waals surface area contributed by atoms with E-state index in [-0.39, 0.29) is 104 Å². The molecule has 4 bridgehead atoms. The maximum absolute atomic E-state index is 13.8. The van der Waals surface area contributed by atoms with Crippen LogP contribution in [0.15, 0.2) is 97.4 Å². The number of rotatable bonds is 28. The highest BCUT2D eigenvalue weighted by Crippen LogP contribution is 2.72. The second kappa shape index (κ2) is 27.6. The molecule has 6 amide bonds. The molecule has 4 aromatic heterocycles. The van der Waals surface area contributed by atoms with Gasteiger partial charge in [0.25, 0.3) is 17.7 Å². The molecule has 2 unspecified atom stereocenters. The van der Waals surface area contributed by atoms with Crippen LogP contribution in [0.2, 0.25) is 0 Å². The highest BCUT2D eigenvalue weighted by Gasteiger charge is 2.66. The minimum absolute atomic E-state index is 0.0299. The lowest BCUT2D eigenvalue weighted by atomic mass is 9.39. The van der Waals surface area contributed by atoms with Gasteiger partial charge >= 0.3 is 19.7 Å². The molecule has 2 atom stereocenters. The molecule has 0 saturated heterocycles. The van der Waals surface area contributed by atoms with Gasteiger partial charge < -0.3 is 44.8 Å². The number of nitrogens with zero attached hydrogens (tertiary/aromatic N) is 8. The maximum Gasteiger partial charge on any atom is 0.410 e. The van der Waals surface area contributed by atoms with Gasteiger partial charge in [-0.2, -0.15) is 5.10 Å². The van der Waals surface area contributed by atoms with Crippen LogP contribution in [0.3, 0.4) is 0 Å². The van der Waals surface area contributed by atoms with Gasteiger partial charge in [0.2, 0.25) is 11.8 Å². The van der Waals surface area contributed by atoms with Crippen LogP contribution in [0.5, 0.6) is 0 Å². The van der Waals surface area contributed by atoms with E-state index in [0.29, 0.717) is 96.3 Å². The van der Waals surface area contributed by atoms with Gasteiger partial charge in [0, 0.05) is 105 Å². The maximum atomic E-state index is 13.8. The summed E-state index contributed by atoms with van der Waals surface area (Å²) in [5.74, 6) is -2.14. The van der Waals surface area contributed by atoms with E-state index in [1.807, 2.05) is 46.8 Å². The topological polar surface area (TPSA) is 318 Å². The van der Waals surface area contributed by atoms with Crippen molar-refractivity contribution in [1.82, 2.24) is 39.8 Å². The number of benzene rings is 2. The second-order valence-electron chi connectivity index (χ2n) is 26.3. The Morgan fingerprint density at radius 1 is 0.839 bits per heavy atom. The zero-order valence-corrected chi connectivity index (χ0v) is 54.1. The second-order valence-corrected chi connectivity index (χ2v) is 29.0. The summed E-state index contributed by atoms with van der Waals surface area (Å²) in [7, 11) is -4.35. The predicted octanol–water partition coefficient (Wildman–Crippen LogP) is 9.56. The number of hydrogen-bond donors (Lipinski definition) is 6. The zero-order valence-electron chi connectivity index (χ0n) is 52.4. The average Bonchev–Trinajstić information content (AvgIpc) is 0.738. The molecular weight excluding hydrogens is 1230 g/mol. The van der Waals surface area contributed by atoms with E-state index in [1.165, 1.54) is 33.3 Å². The number of pyridine rings is 2. The number of nitrogens with one attached hydrogen (secondary N) is 3. The summed E-state index contributed by atoms with van der Waals surface area (Å²) >= 11 is 1.30. The highest BCUT2D eigenvalue weighted by atomic mass is 32.1. The molecule has 2 aliphatic heterocycles. The average molecular weight is 1310 g/mol. The van der Waals surface area contributed by atoms with E-state index < -0.39 is 31.4 Å². The van der Waals surface area contributed by atoms with E-state index in [1.54, 1.807) is 60.9 Å². The summed E-state index contributed by atoms with van der Waals surface area (Å²) in [5, 5.41) is 24.6. The van der Waals surface area contributed by atoms with Crippen molar-refractivity contribution in [1.29, 1.82) is 0 Å². The van der Waals surface area contributed by atoms with Gasteiger partial charge in [0.1, 0.15) is 22.8 Å². The van der Waals surface area contributed by atoms with Crippen LogP contribution in [0, 0.1) is 23.2 Å². The van der Waals surface area contributed by atoms with Gasteiger partial charge in [-0.3, -0.25) is 43.4 Å². The normalized spacial score (nSPS) is 21.4. The predicted molar refractivity (Wildman–Crippen MR) is 349 cm³/mol. The van der Waals surface area contributed by atoms with Crippen LogP contribution < -0.4 is 20.9 Å². The minimum atomic E-state index is -4.35. The number of carbonyl (C=O) groups excluding carboxylic acids is 6. The summed E-state index contributed by atoms with van der Waals surface area (Å²) < 4.78 is 26.6. The van der Waals surface area contributed by atoms with E-state index in [2.05, 4.69) is 39.8 Å². The number of hydrogen-bond acceptors (Lipinski definition) is 16. The van der Waals surface area contributed by atoms with Crippen LogP contribution in [-0.2, 0) is 52.7 Å². The Bertz CT molecular complexity index is 3920. The number of amides is 6. The largest absolute Gasteiger partial charge is 0.476 e. The standard InChI is InChI=1S/C67H78N11O13PS/c1-44-50(48-19-20-53(73-58(48)61(84)85)76-29-24-46-14-8-16-49(51(46)36-76)59(83)74-62-72-52-17-9-25-69-60(52)93-62)35-70-78(44)43-66-38-64(2)37-65(3,39-66)41-67(40-64,42-66)91-32-30-75(27-11-33-92(87,88)89)63(86)90-31-10-13-45-12-7-15-47(34-45)71-55(80)23-26-68-54(79)18-5-4-6-28-77-56(81)21-22-57(77)82/h7-10,12-17,19-22,25,34-35H,4-6,11,18,23-24,26-33,36-43H2,1-3H3,(H,68,79)(H,71,80)(H,84,85)(H,72,74,83)(H2,87,88,89)/b13-10+. The Morgan fingerprint density at radius 2 is 1.62 bits per heavy atom. The number of carboxylic acid groups (broad SMARTS) is 1. The highest BCUT2D eigenvalue weighted by molar-refractivity contribution is 7.51. The van der Waals surface area contributed by atoms with Crippen LogP contribution in [0.25, 0.3) is 27.6 Å². The lowest BCUT2D eigenvalue weighted by molar-refractivity contribution is -0.248. The smallest absolute Gasteiger partial charge is 0.410 e. The summed E-state index contributed by atoms with van der Waals surface area (Å²) in [5.41, 5.74) is 5.27. The number of anilines is 3. The number of fused-ring (bicyclic) bond motifs is 2. The molecule has 93 heavy (non-hydrogen) atoms. The van der Waals surface area contributed by atoms with E-state index in [4.69, 9.17) is 19.6 Å². The number of thiazole rings is 1. The molecule has 4 saturated carbocycles. The van der Waals surface area contributed by atoms with Gasteiger partial charge in [0.15, 0.2) is 10.8 Å². The van der Waals surface area contributed by atoms with Crippen molar-refractivity contribution in [2.24, 2.45) is 16.2 Å². The molecule has 6 heterocycles. The molecule has 490 valence electrons. The summed E-state index contributed by atoms with van der Waals surface area (Å²) in [6, 6.07) is 20.0. The molecule has 6 N–H and O–H groups in total. The third-order valence-corrected chi connectivity index (χ3v) is 20.2. The quantitative estimate of drug-likeness (QED) is 0.0151. The van der Waals surface area contributed by atoms with Gasteiger partial charge in [0.05, 0.1) is 24.6 Å². The molecule has 6 aliphatic rings. The van der Waals surface area contributed by atoms with E-state index in [0.717, 1.165) is 60.2 Å². The molecule has 12 rings (SSSR count). The van der Waals surface area contributed by atoms with Crippen molar-refractivity contribution in [2.75, 3.05) is 67.6 Å². The van der Waals surface area contributed by atoms with Crippen molar-refractivity contribution in [2.45, 2.75) is 123 Å². The fraction of sp³-hybridized carbons (Fsp3) is 0.448. The fourth-order valence-electron chi connectivity index (χ4n) is 15.6. The first kappa shape index (κ1) is 66.0. The molecule has 26 heteroatoms. The molecule has 4 aliphatic carbocycles. The number of aromatic nitrogens is 5. The summed E-state index contributed by atoms with van der Waals surface area (Å²) in [6.45, 7) is 8.77. The molecular formula is C67H78N11O13PS. The molecule has 2 aromatic carbocycles. The number of ether oxygens (including phenoxy) is 2. The first-order valence-electron chi connectivity index (χ1n) is 31.6. The van der Waals surface area contributed by atoms with Gasteiger partial charge in [-0.05, 0) is 153 Å². The third-order valence-electron chi connectivity index (χ3n) is 18.4. The van der Waals surface area contributed by atoms with Gasteiger partial charge in [-0.15, -0.1) is 0 Å². The Kier molecular flexibility index (Phi) is 19.6. The molecule has 4 fully saturated rings. The Hall–Kier alpha value is -8.48. The number of unbranched alkanes of at least 4 members (excludes halogenated alkanes) is 2. The summed E-state index contributed by atoms with van der Waals surface area (Å²) in [6.07, 6.45) is 16.3.